The van der Waals surface area contributed by atoms with Crippen LogP contribution in [0.5, 0.6) is 0 Å². The summed E-state index contributed by atoms with van der Waals surface area (Å²) < 4.78 is 4.58. The number of hydrogen-bond acceptors (Lipinski definition) is 3. The predicted molar refractivity (Wildman–Crippen MR) is 52.9 cm³/mol. The molecule has 82 valence electrons. The van der Waals surface area contributed by atoms with Gasteiger partial charge in [-0.15, -0.1) is 0 Å². The van der Waals surface area contributed by atoms with E-state index in [-0.39, 0.29) is 11.9 Å². The lowest BCUT2D eigenvalue weighted by molar-refractivity contribution is -0.144. The van der Waals surface area contributed by atoms with Crippen LogP contribution in [0, 0.1) is 5.92 Å². The summed E-state index contributed by atoms with van der Waals surface area (Å²) >= 11 is 0. The molecule has 5 nitrogen and oxygen atoms in total. The lowest BCUT2D eigenvalue weighted by Crippen LogP contribution is -2.48. The van der Waals surface area contributed by atoms with Gasteiger partial charge >= 0.3 is 12.0 Å². The molecule has 0 rings (SSSR count). The molecule has 0 aliphatic carbocycles. The number of nitrogens with zero attached hydrogens (tertiary/aromatic N) is 1. The van der Waals surface area contributed by atoms with Gasteiger partial charge in [-0.3, -0.25) is 0 Å². The molecule has 0 aromatic rings. The van der Waals surface area contributed by atoms with E-state index in [0.29, 0.717) is 0 Å². The van der Waals surface area contributed by atoms with Gasteiger partial charge in [0.1, 0.15) is 6.04 Å². The second-order valence-electron chi connectivity index (χ2n) is 3.59. The van der Waals surface area contributed by atoms with Gasteiger partial charge in [0.05, 0.1) is 7.11 Å². The minimum atomic E-state index is -0.588. The first kappa shape index (κ1) is 12.7. The van der Waals surface area contributed by atoms with E-state index in [1.165, 1.54) is 12.0 Å². The summed E-state index contributed by atoms with van der Waals surface area (Å²) in [7, 11) is 4.54. The molecule has 14 heavy (non-hydrogen) atoms. The highest BCUT2D eigenvalue weighted by molar-refractivity contribution is 5.83. The quantitative estimate of drug-likeness (QED) is 0.676. The van der Waals surface area contributed by atoms with Crippen LogP contribution >= 0.6 is 0 Å². The Bertz CT molecular complexity index is 214. The van der Waals surface area contributed by atoms with Crippen LogP contribution in [0.2, 0.25) is 0 Å². The Labute approximate surface area is 84.4 Å². The van der Waals surface area contributed by atoms with Crippen LogP contribution in [0.1, 0.15) is 13.8 Å². The summed E-state index contributed by atoms with van der Waals surface area (Å²) in [6.07, 6.45) is 0. The van der Waals surface area contributed by atoms with E-state index in [9.17, 15) is 9.59 Å². The molecule has 0 bridgehead atoms. The summed E-state index contributed by atoms with van der Waals surface area (Å²) in [5.74, 6) is -0.415. The molecule has 0 aliphatic rings. The van der Waals surface area contributed by atoms with Crippen molar-refractivity contribution < 1.29 is 14.3 Å². The number of amides is 2. The monoisotopic (exact) mass is 202 g/mol. The van der Waals surface area contributed by atoms with Crippen molar-refractivity contribution >= 4 is 12.0 Å². The standard InChI is InChI=1S/C9H18N2O3/c1-6(2)7(8(12)14-5)10-9(13)11(3)4/h6-7H,1-5H3,(H,10,13)/t7-/m1/s1. The smallest absolute Gasteiger partial charge is 0.328 e. The predicted octanol–water partition coefficient (Wildman–Crippen LogP) is 0.455. The highest BCUT2D eigenvalue weighted by Crippen LogP contribution is 2.03. The molecular weight excluding hydrogens is 184 g/mol. The summed E-state index contributed by atoms with van der Waals surface area (Å²) in [4.78, 5) is 23.9. The van der Waals surface area contributed by atoms with Crippen molar-refractivity contribution in [1.82, 2.24) is 10.2 Å². The van der Waals surface area contributed by atoms with Crippen molar-refractivity contribution in [2.24, 2.45) is 5.92 Å². The minimum Gasteiger partial charge on any atom is -0.467 e. The van der Waals surface area contributed by atoms with Crippen molar-refractivity contribution in [2.75, 3.05) is 21.2 Å². The topological polar surface area (TPSA) is 58.6 Å². The van der Waals surface area contributed by atoms with E-state index in [1.54, 1.807) is 14.1 Å². The van der Waals surface area contributed by atoms with Crippen LogP contribution in [-0.2, 0) is 9.53 Å². The second kappa shape index (κ2) is 5.47. The first-order chi connectivity index (χ1) is 6.40. The maximum atomic E-state index is 11.3. The van der Waals surface area contributed by atoms with Crippen molar-refractivity contribution in [3.63, 3.8) is 0 Å². The van der Waals surface area contributed by atoms with Crippen molar-refractivity contribution in [3.8, 4) is 0 Å². The molecule has 0 saturated carbocycles. The van der Waals surface area contributed by atoms with Gasteiger partial charge in [-0.2, -0.15) is 0 Å². The van der Waals surface area contributed by atoms with Gasteiger partial charge < -0.3 is 15.0 Å². The number of ether oxygens (including phenoxy) is 1. The number of esters is 1. The third-order valence-corrected chi connectivity index (χ3v) is 1.81. The number of urea groups is 1. The number of carbonyl (C=O) groups is 2. The molecule has 0 aromatic heterocycles. The highest BCUT2D eigenvalue weighted by Gasteiger charge is 2.25. The molecule has 0 spiro atoms. The zero-order chi connectivity index (χ0) is 11.3. The van der Waals surface area contributed by atoms with Gasteiger partial charge in [0, 0.05) is 14.1 Å². The lowest BCUT2D eigenvalue weighted by Gasteiger charge is -2.22. The zero-order valence-corrected chi connectivity index (χ0v) is 9.33. The van der Waals surface area contributed by atoms with Gasteiger partial charge in [0.25, 0.3) is 0 Å². The van der Waals surface area contributed by atoms with Gasteiger partial charge in [0.2, 0.25) is 0 Å². The molecule has 1 N–H and O–H groups in total. The normalized spacial score (nSPS) is 12.1. The van der Waals surface area contributed by atoms with Crippen molar-refractivity contribution in [2.45, 2.75) is 19.9 Å². The lowest BCUT2D eigenvalue weighted by atomic mass is 10.1. The third kappa shape index (κ3) is 3.64. The molecule has 0 aromatic carbocycles. The van der Waals surface area contributed by atoms with Crippen molar-refractivity contribution in [3.05, 3.63) is 0 Å². The Morgan fingerprint density at radius 2 is 1.79 bits per heavy atom. The summed E-state index contributed by atoms with van der Waals surface area (Å²) in [6, 6.07) is -0.885. The third-order valence-electron chi connectivity index (χ3n) is 1.81. The molecule has 0 saturated heterocycles. The van der Waals surface area contributed by atoms with Gasteiger partial charge in [0.15, 0.2) is 0 Å². The number of nitrogens with one attached hydrogen (secondary N) is 1. The van der Waals surface area contributed by atoms with Crippen LogP contribution in [0.3, 0.4) is 0 Å². The van der Waals surface area contributed by atoms with Crippen LogP contribution in [0.4, 0.5) is 4.79 Å². The molecular formula is C9H18N2O3. The largest absolute Gasteiger partial charge is 0.467 e. The molecule has 0 aliphatic heterocycles. The van der Waals surface area contributed by atoms with Gasteiger partial charge in [-0.1, -0.05) is 13.8 Å². The Hall–Kier alpha value is -1.26. The van der Waals surface area contributed by atoms with Crippen molar-refractivity contribution in [1.29, 1.82) is 0 Å². The van der Waals surface area contributed by atoms with Gasteiger partial charge in [-0.25, -0.2) is 9.59 Å². The van der Waals surface area contributed by atoms with E-state index in [1.807, 2.05) is 13.8 Å². The van der Waals surface area contributed by atoms with Crippen LogP contribution < -0.4 is 5.32 Å². The molecule has 0 unspecified atom stereocenters. The fourth-order valence-corrected chi connectivity index (χ4v) is 0.887. The molecule has 2 amide bonds. The van der Waals surface area contributed by atoms with E-state index in [2.05, 4.69) is 10.1 Å². The fraction of sp³-hybridized carbons (Fsp3) is 0.778. The highest BCUT2D eigenvalue weighted by atomic mass is 16.5. The molecule has 0 radical (unpaired) electrons. The number of hydrogen-bond donors (Lipinski definition) is 1. The molecule has 5 heteroatoms. The van der Waals surface area contributed by atoms with Crippen LogP contribution in [0.25, 0.3) is 0 Å². The SMILES string of the molecule is COC(=O)[C@H](NC(=O)N(C)C)C(C)C. The molecule has 1 atom stereocenters. The van der Waals surface area contributed by atoms with E-state index in [0.717, 1.165) is 0 Å². The first-order valence-electron chi connectivity index (χ1n) is 4.45. The Kier molecular flexibility index (Phi) is 4.97. The van der Waals surface area contributed by atoms with Crippen LogP contribution in [-0.4, -0.2) is 44.1 Å². The average molecular weight is 202 g/mol. The zero-order valence-electron chi connectivity index (χ0n) is 9.33. The Morgan fingerprint density at radius 3 is 2.07 bits per heavy atom. The first-order valence-corrected chi connectivity index (χ1v) is 4.45. The van der Waals surface area contributed by atoms with Gasteiger partial charge in [-0.05, 0) is 5.92 Å². The molecule has 0 fully saturated rings. The number of carbonyl (C=O) groups excluding carboxylic acids is 2. The molecule has 0 heterocycles. The number of rotatable bonds is 3. The van der Waals surface area contributed by atoms with Crippen LogP contribution in [0.15, 0.2) is 0 Å². The fourth-order valence-electron chi connectivity index (χ4n) is 0.887. The van der Waals surface area contributed by atoms with E-state index in [4.69, 9.17) is 0 Å². The Balaban J connectivity index is 4.38. The van der Waals surface area contributed by atoms with E-state index >= 15 is 0 Å². The summed E-state index contributed by atoms with van der Waals surface area (Å²) in [6.45, 7) is 3.69. The summed E-state index contributed by atoms with van der Waals surface area (Å²) in [5.41, 5.74) is 0. The maximum Gasteiger partial charge on any atom is 0.328 e. The second-order valence-corrected chi connectivity index (χ2v) is 3.59. The maximum absolute atomic E-state index is 11.3. The minimum absolute atomic E-state index is 0.00588. The number of methoxy groups -OCH3 is 1. The average Bonchev–Trinajstić information content (AvgIpc) is 2.11. The van der Waals surface area contributed by atoms with E-state index < -0.39 is 12.0 Å². The Morgan fingerprint density at radius 1 is 1.29 bits per heavy atom. The summed E-state index contributed by atoms with van der Waals surface area (Å²) in [5, 5.41) is 2.58.